The van der Waals surface area contributed by atoms with Gasteiger partial charge in [0, 0.05) is 25.1 Å². The lowest BCUT2D eigenvalue weighted by Crippen LogP contribution is -2.44. The van der Waals surface area contributed by atoms with Gasteiger partial charge in [-0.2, -0.15) is 0 Å². The highest BCUT2D eigenvalue weighted by Crippen LogP contribution is 2.49. The zero-order valence-electron chi connectivity index (χ0n) is 10.7. The molecule has 0 bridgehead atoms. The molecule has 2 aliphatic rings. The number of benzene rings is 1. The largest absolute Gasteiger partial charge is 0.484 e. The van der Waals surface area contributed by atoms with Crippen molar-refractivity contribution in [3.63, 3.8) is 0 Å². The second-order valence-corrected chi connectivity index (χ2v) is 5.15. The molecule has 2 unspecified atom stereocenters. The number of rotatable bonds is 1. The Morgan fingerprint density at radius 2 is 2.28 bits per heavy atom. The molecule has 96 valence electrons. The zero-order valence-corrected chi connectivity index (χ0v) is 10.7. The first-order valence-electron chi connectivity index (χ1n) is 6.20. The molecule has 0 radical (unpaired) electrons. The third-order valence-corrected chi connectivity index (χ3v) is 3.96. The first-order chi connectivity index (χ1) is 8.66. The molecule has 0 saturated carbocycles. The topological polar surface area (TPSA) is 38.8 Å². The molecule has 1 fully saturated rings. The van der Waals surface area contributed by atoms with Gasteiger partial charge in [-0.3, -0.25) is 4.79 Å². The van der Waals surface area contributed by atoms with E-state index in [1.807, 2.05) is 24.3 Å². The van der Waals surface area contributed by atoms with Crippen LogP contribution < -0.4 is 4.74 Å². The van der Waals surface area contributed by atoms with E-state index >= 15 is 0 Å². The Kier molecular flexibility index (Phi) is 2.55. The first kappa shape index (κ1) is 11.5. The molecular weight excluding hydrogens is 230 g/mol. The highest BCUT2D eigenvalue weighted by atomic mass is 16.5. The summed E-state index contributed by atoms with van der Waals surface area (Å²) in [4.78, 5) is 14.3. The lowest BCUT2D eigenvalue weighted by molar-refractivity contribution is -0.146. The van der Waals surface area contributed by atoms with Crippen molar-refractivity contribution in [1.82, 2.24) is 4.90 Å². The highest BCUT2D eigenvalue weighted by molar-refractivity contribution is 5.82. The summed E-state index contributed by atoms with van der Waals surface area (Å²) in [5, 5.41) is 0. The fourth-order valence-corrected chi connectivity index (χ4v) is 3.15. The van der Waals surface area contributed by atoms with Gasteiger partial charge in [-0.25, -0.2) is 0 Å². The Morgan fingerprint density at radius 1 is 1.50 bits per heavy atom. The lowest BCUT2D eigenvalue weighted by Gasteiger charge is -2.28. The molecule has 1 spiro atoms. The second kappa shape index (κ2) is 3.99. The molecule has 0 amide bonds. The molecule has 2 heterocycles. The van der Waals surface area contributed by atoms with Crippen LogP contribution in [0.3, 0.4) is 0 Å². The van der Waals surface area contributed by atoms with Crippen molar-refractivity contribution in [3.05, 3.63) is 29.8 Å². The average molecular weight is 247 g/mol. The Bertz CT molecular complexity index is 488. The number of likely N-dealkylation sites (N-methyl/N-ethyl adjacent to an activating group) is 1. The van der Waals surface area contributed by atoms with Crippen molar-refractivity contribution in [2.24, 2.45) is 0 Å². The van der Waals surface area contributed by atoms with Crippen molar-refractivity contribution >= 4 is 5.97 Å². The van der Waals surface area contributed by atoms with Crippen LogP contribution in [0.1, 0.15) is 17.9 Å². The number of nitrogens with zero attached hydrogens (tertiary/aromatic N) is 1. The second-order valence-electron chi connectivity index (χ2n) is 5.15. The Labute approximate surface area is 106 Å². The van der Waals surface area contributed by atoms with Gasteiger partial charge in [0.15, 0.2) is 0 Å². The van der Waals surface area contributed by atoms with Gasteiger partial charge in [0.1, 0.15) is 17.3 Å². The van der Waals surface area contributed by atoms with E-state index in [9.17, 15) is 4.79 Å². The summed E-state index contributed by atoms with van der Waals surface area (Å²) >= 11 is 0. The minimum Gasteiger partial charge on any atom is -0.484 e. The van der Waals surface area contributed by atoms with Crippen LogP contribution in [0.25, 0.3) is 0 Å². The summed E-state index contributed by atoms with van der Waals surface area (Å²) in [6.07, 6.45) is 0.859. The number of ether oxygens (including phenoxy) is 2. The molecule has 0 aliphatic carbocycles. The van der Waals surface area contributed by atoms with Crippen LogP contribution in [0.5, 0.6) is 5.75 Å². The monoisotopic (exact) mass is 247 g/mol. The molecule has 4 nitrogen and oxygen atoms in total. The van der Waals surface area contributed by atoms with Crippen molar-refractivity contribution < 1.29 is 14.3 Å². The van der Waals surface area contributed by atoms with E-state index in [2.05, 4.69) is 11.9 Å². The average Bonchev–Trinajstić information content (AvgIpc) is 2.89. The Hall–Kier alpha value is -1.55. The predicted octanol–water partition coefficient (Wildman–Crippen LogP) is 1.41. The molecule has 3 rings (SSSR count). The van der Waals surface area contributed by atoms with Gasteiger partial charge in [-0.15, -0.1) is 0 Å². The van der Waals surface area contributed by atoms with E-state index < -0.39 is 5.60 Å². The van der Waals surface area contributed by atoms with E-state index in [-0.39, 0.29) is 11.9 Å². The fraction of sp³-hybridized carbons (Fsp3) is 0.500. The standard InChI is InChI=1S/C14H17NO3/c1-15-8-7-14(9-15)12(13(16)17-2)10-5-3-4-6-11(10)18-14/h3-6,12H,7-9H2,1-2H3. The van der Waals surface area contributed by atoms with Gasteiger partial charge < -0.3 is 14.4 Å². The quantitative estimate of drug-likeness (QED) is 0.703. The van der Waals surface area contributed by atoms with Gasteiger partial charge >= 0.3 is 5.97 Å². The summed E-state index contributed by atoms with van der Waals surface area (Å²) in [6.45, 7) is 1.71. The maximum atomic E-state index is 12.1. The van der Waals surface area contributed by atoms with Crippen molar-refractivity contribution in [1.29, 1.82) is 0 Å². The summed E-state index contributed by atoms with van der Waals surface area (Å²) in [5.41, 5.74) is 0.519. The number of carbonyl (C=O) groups is 1. The number of esters is 1. The van der Waals surface area contributed by atoms with E-state index in [1.54, 1.807) is 0 Å². The summed E-state index contributed by atoms with van der Waals surface area (Å²) in [5.74, 6) is 0.321. The number of para-hydroxylation sites is 1. The summed E-state index contributed by atoms with van der Waals surface area (Å²) in [7, 11) is 3.49. The van der Waals surface area contributed by atoms with E-state index in [0.29, 0.717) is 0 Å². The van der Waals surface area contributed by atoms with E-state index in [1.165, 1.54) is 7.11 Å². The van der Waals surface area contributed by atoms with Gasteiger partial charge in [-0.1, -0.05) is 18.2 Å². The van der Waals surface area contributed by atoms with E-state index in [4.69, 9.17) is 9.47 Å². The van der Waals surface area contributed by atoms with Crippen LogP contribution in [0.15, 0.2) is 24.3 Å². The smallest absolute Gasteiger partial charge is 0.317 e. The molecule has 2 aliphatic heterocycles. The van der Waals surface area contributed by atoms with Crippen LogP contribution in [-0.4, -0.2) is 43.7 Å². The van der Waals surface area contributed by atoms with Gasteiger partial charge in [0.05, 0.1) is 7.11 Å². The Morgan fingerprint density at radius 3 is 2.94 bits per heavy atom. The van der Waals surface area contributed by atoms with Gasteiger partial charge in [0.2, 0.25) is 0 Å². The molecule has 1 aromatic rings. The highest BCUT2D eigenvalue weighted by Gasteiger charge is 2.55. The summed E-state index contributed by atoms with van der Waals surface area (Å²) < 4.78 is 11.1. The molecule has 1 saturated heterocycles. The molecule has 4 heteroatoms. The first-order valence-corrected chi connectivity index (χ1v) is 6.20. The normalized spacial score (nSPS) is 30.2. The Balaban J connectivity index is 2.05. The van der Waals surface area contributed by atoms with Crippen molar-refractivity contribution in [2.75, 3.05) is 27.2 Å². The number of carbonyl (C=O) groups excluding carboxylic acids is 1. The third-order valence-electron chi connectivity index (χ3n) is 3.96. The van der Waals surface area contributed by atoms with Gasteiger partial charge in [-0.05, 0) is 13.1 Å². The van der Waals surface area contributed by atoms with Crippen LogP contribution in [0, 0.1) is 0 Å². The maximum absolute atomic E-state index is 12.1. The zero-order chi connectivity index (χ0) is 12.8. The maximum Gasteiger partial charge on any atom is 0.317 e. The van der Waals surface area contributed by atoms with Crippen LogP contribution in [0.4, 0.5) is 0 Å². The molecule has 18 heavy (non-hydrogen) atoms. The molecule has 0 N–H and O–H groups in total. The van der Waals surface area contributed by atoms with Crippen molar-refractivity contribution in [2.45, 2.75) is 17.9 Å². The number of likely N-dealkylation sites (tertiary alicyclic amines) is 1. The minimum absolute atomic E-state index is 0.199. The molecule has 2 atom stereocenters. The molecular formula is C14H17NO3. The fourth-order valence-electron chi connectivity index (χ4n) is 3.15. The minimum atomic E-state index is -0.439. The van der Waals surface area contributed by atoms with Gasteiger partial charge in [0.25, 0.3) is 0 Å². The van der Waals surface area contributed by atoms with Crippen LogP contribution in [-0.2, 0) is 9.53 Å². The van der Waals surface area contributed by atoms with Crippen LogP contribution >= 0.6 is 0 Å². The number of hydrogen-bond acceptors (Lipinski definition) is 4. The number of hydrogen-bond donors (Lipinski definition) is 0. The number of fused-ring (bicyclic) bond motifs is 1. The number of methoxy groups -OCH3 is 1. The van der Waals surface area contributed by atoms with Crippen molar-refractivity contribution in [3.8, 4) is 5.75 Å². The SMILES string of the molecule is COC(=O)C1c2ccccc2OC12CCN(C)C2. The molecule has 0 aromatic heterocycles. The third kappa shape index (κ3) is 1.52. The molecule has 1 aromatic carbocycles. The predicted molar refractivity (Wildman–Crippen MR) is 66.7 cm³/mol. The van der Waals surface area contributed by atoms with Crippen LogP contribution in [0.2, 0.25) is 0 Å². The summed E-state index contributed by atoms with van der Waals surface area (Å²) in [6, 6.07) is 7.77. The lowest BCUT2D eigenvalue weighted by atomic mass is 9.83. The van der Waals surface area contributed by atoms with E-state index in [0.717, 1.165) is 30.8 Å².